The van der Waals surface area contributed by atoms with Crippen LogP contribution in [0.15, 0.2) is 36.4 Å². The van der Waals surface area contributed by atoms with Crippen LogP contribution < -0.4 is 21.7 Å². The van der Waals surface area contributed by atoms with Crippen molar-refractivity contribution in [1.29, 1.82) is 0 Å². The van der Waals surface area contributed by atoms with E-state index in [2.05, 4.69) is 31.7 Å². The molecule has 0 radical (unpaired) electrons. The zero-order valence-electron chi connectivity index (χ0n) is 20.0. The van der Waals surface area contributed by atoms with Crippen molar-refractivity contribution < 1.29 is 19.2 Å². The second-order valence-electron chi connectivity index (χ2n) is 7.54. The number of thiazole rings is 2. The second kappa shape index (κ2) is 12.0. The number of amides is 2. The van der Waals surface area contributed by atoms with E-state index in [0.29, 0.717) is 31.4 Å². The highest BCUT2D eigenvalue weighted by atomic mass is 32.1. The predicted octanol–water partition coefficient (Wildman–Crippen LogP) is 3.93. The lowest BCUT2D eigenvalue weighted by atomic mass is 10.1. The maximum Gasteiger partial charge on any atom is 0.235 e. The van der Waals surface area contributed by atoms with Gasteiger partial charge in [-0.3, -0.25) is 40.9 Å². The van der Waals surface area contributed by atoms with Crippen molar-refractivity contribution in [3.8, 4) is 0 Å². The molecule has 1 aromatic carbocycles. The minimum atomic E-state index is -0.262. The molecular weight excluding hydrogens is 500 g/mol. The summed E-state index contributed by atoms with van der Waals surface area (Å²) in [5.74, 6) is -0.908. The molecular formula is C24H24N6O4S2. The van der Waals surface area contributed by atoms with E-state index >= 15 is 0 Å². The lowest BCUT2D eigenvalue weighted by Gasteiger charge is -1.99. The number of nitrogens with one attached hydrogen (secondary N) is 4. The molecule has 186 valence electrons. The minimum Gasteiger partial charge on any atom is -0.288 e. The molecule has 0 bridgehead atoms. The number of nitrogens with zero attached hydrogens (tertiary/aromatic N) is 2. The van der Waals surface area contributed by atoms with Gasteiger partial charge < -0.3 is 0 Å². The summed E-state index contributed by atoms with van der Waals surface area (Å²) in [6, 6.07) is 7.35. The lowest BCUT2D eigenvalue weighted by molar-refractivity contribution is -0.119. The maximum atomic E-state index is 12.6. The maximum absolute atomic E-state index is 12.6. The Kier molecular flexibility index (Phi) is 8.81. The van der Waals surface area contributed by atoms with Crippen molar-refractivity contribution in [1.82, 2.24) is 20.8 Å². The van der Waals surface area contributed by atoms with Gasteiger partial charge in [0.15, 0.2) is 11.6 Å². The Balaban J connectivity index is 1.60. The van der Waals surface area contributed by atoms with Crippen molar-refractivity contribution in [3.05, 3.63) is 68.7 Å². The molecule has 2 heterocycles. The SMILES string of the molecule is CC(=O)NNc1nc(C)c(C(=O)/C=C\c2ccc(/C=C/C(=O)c3sc(NNC(C)=O)nc3C)cc2)s1. The van der Waals surface area contributed by atoms with E-state index in [1.54, 1.807) is 26.0 Å². The smallest absolute Gasteiger partial charge is 0.235 e. The third-order valence-electron chi connectivity index (χ3n) is 4.52. The number of ketones is 2. The van der Waals surface area contributed by atoms with Gasteiger partial charge in [-0.15, -0.1) is 0 Å². The lowest BCUT2D eigenvalue weighted by Crippen LogP contribution is -2.26. The number of hydrogen-bond acceptors (Lipinski definition) is 10. The monoisotopic (exact) mass is 524 g/mol. The Morgan fingerprint density at radius 2 is 1.06 bits per heavy atom. The van der Waals surface area contributed by atoms with Gasteiger partial charge in [-0.1, -0.05) is 59.1 Å². The molecule has 0 aliphatic rings. The topological polar surface area (TPSA) is 142 Å². The fourth-order valence-corrected chi connectivity index (χ4v) is 4.53. The summed E-state index contributed by atoms with van der Waals surface area (Å²) in [5.41, 5.74) is 13.0. The summed E-state index contributed by atoms with van der Waals surface area (Å²) in [7, 11) is 0. The summed E-state index contributed by atoms with van der Waals surface area (Å²) in [6.07, 6.45) is 6.34. The molecule has 0 fully saturated rings. The summed E-state index contributed by atoms with van der Waals surface area (Å²) in [6.45, 7) is 6.20. The van der Waals surface area contributed by atoms with Crippen LogP contribution in [0.25, 0.3) is 12.2 Å². The summed E-state index contributed by atoms with van der Waals surface area (Å²) >= 11 is 2.31. The van der Waals surface area contributed by atoms with Crippen molar-refractivity contribution in [2.24, 2.45) is 0 Å². The normalized spacial score (nSPS) is 11.0. The van der Waals surface area contributed by atoms with Crippen molar-refractivity contribution >= 4 is 68.5 Å². The average Bonchev–Trinajstić information content (AvgIpc) is 3.40. The molecule has 0 saturated heterocycles. The Morgan fingerprint density at radius 1 is 0.694 bits per heavy atom. The number of aromatic nitrogens is 2. The molecule has 3 aromatic rings. The van der Waals surface area contributed by atoms with Gasteiger partial charge in [0.2, 0.25) is 22.1 Å². The summed E-state index contributed by atoms with van der Waals surface area (Å²) in [4.78, 5) is 56.6. The van der Waals surface area contributed by atoms with Crippen LogP contribution in [-0.4, -0.2) is 33.3 Å². The molecule has 0 spiro atoms. The predicted molar refractivity (Wildman–Crippen MR) is 142 cm³/mol. The highest BCUT2D eigenvalue weighted by Crippen LogP contribution is 2.24. The Hall–Kier alpha value is -4.16. The quantitative estimate of drug-likeness (QED) is 0.178. The number of carbonyl (C=O) groups is 4. The highest BCUT2D eigenvalue weighted by molar-refractivity contribution is 7.18. The third-order valence-corrected chi connectivity index (χ3v) is 6.70. The first-order valence-corrected chi connectivity index (χ1v) is 12.3. The zero-order chi connectivity index (χ0) is 26.2. The van der Waals surface area contributed by atoms with Gasteiger partial charge in [0.05, 0.1) is 21.1 Å². The van der Waals surface area contributed by atoms with Gasteiger partial charge in [-0.05, 0) is 37.1 Å². The molecule has 10 nitrogen and oxygen atoms in total. The summed E-state index contributed by atoms with van der Waals surface area (Å²) < 4.78 is 0. The number of benzene rings is 1. The van der Waals surface area contributed by atoms with Crippen LogP contribution in [-0.2, 0) is 9.59 Å². The van der Waals surface area contributed by atoms with Gasteiger partial charge in [0, 0.05) is 13.8 Å². The molecule has 2 aromatic heterocycles. The minimum absolute atomic E-state index is 0.192. The largest absolute Gasteiger partial charge is 0.288 e. The van der Waals surface area contributed by atoms with E-state index < -0.39 is 0 Å². The van der Waals surface area contributed by atoms with Crippen molar-refractivity contribution in [2.75, 3.05) is 10.9 Å². The van der Waals surface area contributed by atoms with Crippen LogP contribution in [0.5, 0.6) is 0 Å². The van der Waals surface area contributed by atoms with Crippen molar-refractivity contribution in [2.45, 2.75) is 27.7 Å². The van der Waals surface area contributed by atoms with E-state index in [1.165, 1.54) is 26.0 Å². The van der Waals surface area contributed by atoms with Gasteiger partial charge in [-0.2, -0.15) is 0 Å². The van der Waals surface area contributed by atoms with Crippen LogP contribution in [0.2, 0.25) is 0 Å². The average molecular weight is 525 g/mol. The molecule has 0 aliphatic heterocycles. The van der Waals surface area contributed by atoms with Crippen LogP contribution >= 0.6 is 22.7 Å². The first kappa shape index (κ1) is 26.4. The molecule has 36 heavy (non-hydrogen) atoms. The first-order valence-electron chi connectivity index (χ1n) is 10.7. The van der Waals surface area contributed by atoms with E-state index in [1.807, 2.05) is 24.3 Å². The van der Waals surface area contributed by atoms with Crippen LogP contribution in [0.1, 0.15) is 55.7 Å². The number of aryl methyl sites for hydroxylation is 2. The fraction of sp³-hybridized carbons (Fsp3) is 0.167. The molecule has 12 heteroatoms. The van der Waals surface area contributed by atoms with E-state index in [4.69, 9.17) is 0 Å². The third kappa shape index (κ3) is 7.42. The van der Waals surface area contributed by atoms with E-state index in [9.17, 15) is 19.2 Å². The summed E-state index contributed by atoms with van der Waals surface area (Å²) in [5, 5.41) is 0.859. The van der Waals surface area contributed by atoms with Crippen LogP contribution in [0.3, 0.4) is 0 Å². The van der Waals surface area contributed by atoms with Gasteiger partial charge in [-0.25, -0.2) is 9.97 Å². The molecule has 0 saturated carbocycles. The Bertz CT molecular complexity index is 1250. The first-order chi connectivity index (χ1) is 17.1. The molecule has 0 atom stereocenters. The number of allylic oxidation sites excluding steroid dienone is 2. The van der Waals surface area contributed by atoms with Gasteiger partial charge in [0.25, 0.3) is 0 Å². The second-order valence-corrected chi connectivity index (χ2v) is 9.54. The van der Waals surface area contributed by atoms with Gasteiger partial charge >= 0.3 is 0 Å². The molecule has 2 amide bonds. The Morgan fingerprint density at radius 3 is 1.39 bits per heavy atom. The number of hydrogen-bond donors (Lipinski definition) is 4. The molecule has 0 aliphatic carbocycles. The number of rotatable bonds is 10. The highest BCUT2D eigenvalue weighted by Gasteiger charge is 2.14. The number of anilines is 2. The number of hydrazine groups is 2. The number of carbonyl (C=O) groups excluding carboxylic acids is 4. The Labute approximate surface area is 215 Å². The standard InChI is InChI=1S/C24H24N6O4S2/c1-13-21(35-23(25-13)29-27-15(3)31)19(33)11-9-17-5-7-18(8-6-17)10-12-20(34)22-14(2)26-24(36-22)30-28-16(4)32/h5-12H,1-4H3,(H,25,29)(H,26,30)(H,27,31)(H,28,32)/b11-9-,12-10+. The van der Waals surface area contributed by atoms with Crippen LogP contribution in [0.4, 0.5) is 10.3 Å². The van der Waals surface area contributed by atoms with Crippen molar-refractivity contribution in [3.63, 3.8) is 0 Å². The molecule has 3 rings (SSSR count). The fourth-order valence-electron chi connectivity index (χ4n) is 2.85. The van der Waals surface area contributed by atoms with Crippen LogP contribution in [0, 0.1) is 13.8 Å². The molecule has 4 N–H and O–H groups in total. The molecule has 0 unspecified atom stereocenters. The van der Waals surface area contributed by atoms with E-state index in [0.717, 1.165) is 33.8 Å². The van der Waals surface area contributed by atoms with E-state index in [-0.39, 0.29) is 23.4 Å². The zero-order valence-corrected chi connectivity index (χ0v) is 21.6. The van der Waals surface area contributed by atoms with Gasteiger partial charge in [0.1, 0.15) is 0 Å².